The zero-order chi connectivity index (χ0) is 17.7. The van der Waals surface area contributed by atoms with Crippen LogP contribution in [0.1, 0.15) is 71.6 Å². The van der Waals surface area contributed by atoms with Crippen LogP contribution >= 0.6 is 0 Å². The summed E-state index contributed by atoms with van der Waals surface area (Å²) in [4.78, 5) is 0. The predicted molar refractivity (Wildman–Crippen MR) is 99.3 cm³/mol. The molecule has 0 spiro atoms. The quantitative estimate of drug-likeness (QED) is 0.665. The summed E-state index contributed by atoms with van der Waals surface area (Å²) in [5.41, 5.74) is 1.09. The first-order valence-electron chi connectivity index (χ1n) is 10.6. The van der Waals surface area contributed by atoms with Gasteiger partial charge in [-0.15, -0.1) is 0 Å². The molecular weight excluding hydrogens is 312 g/mol. The van der Waals surface area contributed by atoms with Gasteiger partial charge >= 0.3 is 0 Å². The third kappa shape index (κ3) is 2.99. The Bertz CT molecular complexity index is 480. The maximum atomic E-state index is 5.94. The van der Waals surface area contributed by atoms with E-state index in [0.717, 1.165) is 23.7 Å². The topological polar surface area (TPSA) is 27.7 Å². The molecule has 0 aliphatic heterocycles. The van der Waals surface area contributed by atoms with Crippen molar-refractivity contribution in [3.63, 3.8) is 0 Å². The molecule has 3 heteroatoms. The summed E-state index contributed by atoms with van der Waals surface area (Å²) in [6.45, 7) is 5.66. The monoisotopic (exact) mass is 350 g/mol. The van der Waals surface area contributed by atoms with E-state index in [1.807, 2.05) is 7.11 Å². The van der Waals surface area contributed by atoms with Crippen LogP contribution in [0.15, 0.2) is 0 Å². The molecule has 4 saturated carbocycles. The maximum Gasteiger partial charge on any atom is 0.146 e. The zero-order valence-corrected chi connectivity index (χ0v) is 16.8. The predicted octanol–water partition coefficient (Wildman–Crippen LogP) is 5.03. The van der Waals surface area contributed by atoms with Crippen molar-refractivity contribution in [3.8, 4) is 0 Å². The highest BCUT2D eigenvalue weighted by atomic mass is 16.7. The summed E-state index contributed by atoms with van der Waals surface area (Å²) < 4.78 is 16.9. The summed E-state index contributed by atoms with van der Waals surface area (Å²) in [6, 6.07) is 0. The Labute approximate surface area is 154 Å². The second-order valence-corrected chi connectivity index (χ2v) is 10.1. The van der Waals surface area contributed by atoms with E-state index in [1.165, 1.54) is 57.8 Å². The summed E-state index contributed by atoms with van der Waals surface area (Å²) in [7, 11) is 3.65. The van der Waals surface area contributed by atoms with Crippen molar-refractivity contribution in [1.82, 2.24) is 0 Å². The molecule has 0 N–H and O–H groups in total. The van der Waals surface area contributed by atoms with E-state index in [2.05, 4.69) is 13.8 Å². The molecule has 0 aromatic heterocycles. The zero-order valence-electron chi connectivity index (χ0n) is 16.8. The lowest BCUT2D eigenvalue weighted by atomic mass is 9.45. The summed E-state index contributed by atoms with van der Waals surface area (Å²) >= 11 is 0. The summed E-state index contributed by atoms with van der Waals surface area (Å²) in [6.07, 6.45) is 13.1. The minimum absolute atomic E-state index is 0.424. The van der Waals surface area contributed by atoms with Gasteiger partial charge in [0, 0.05) is 14.2 Å². The number of fused-ring (bicyclic) bond motifs is 5. The van der Waals surface area contributed by atoms with Crippen molar-refractivity contribution in [1.29, 1.82) is 0 Å². The fourth-order valence-corrected chi connectivity index (χ4v) is 7.71. The minimum Gasteiger partial charge on any atom is -0.381 e. The molecule has 25 heavy (non-hydrogen) atoms. The Kier molecular flexibility index (Phi) is 4.96. The van der Waals surface area contributed by atoms with Gasteiger partial charge in [0.15, 0.2) is 0 Å². The standard InChI is InChI=1S/C22H38O3/c1-21-9-8-19-18(20(21)12-17(13-21)24-4)6-5-15-11-16(25-14-23-3)7-10-22(15,19)2/h15-20H,5-14H2,1-4H3/t15?,16?,17?,18-,19+,20+,21-,22+/m1/s1. The molecule has 144 valence electrons. The van der Waals surface area contributed by atoms with Gasteiger partial charge in [-0.25, -0.2) is 0 Å². The van der Waals surface area contributed by atoms with Crippen LogP contribution in [0.2, 0.25) is 0 Å². The van der Waals surface area contributed by atoms with Crippen molar-refractivity contribution in [2.24, 2.45) is 34.5 Å². The first kappa shape index (κ1) is 18.3. The molecule has 8 atom stereocenters. The number of hydrogen-bond donors (Lipinski definition) is 0. The van der Waals surface area contributed by atoms with Gasteiger partial charge in [0.1, 0.15) is 6.79 Å². The van der Waals surface area contributed by atoms with E-state index in [9.17, 15) is 0 Å². The largest absolute Gasteiger partial charge is 0.381 e. The van der Waals surface area contributed by atoms with Crippen LogP contribution in [0.5, 0.6) is 0 Å². The van der Waals surface area contributed by atoms with Gasteiger partial charge in [-0.1, -0.05) is 13.8 Å². The smallest absolute Gasteiger partial charge is 0.146 e. The summed E-state index contributed by atoms with van der Waals surface area (Å²) in [5.74, 6) is 3.63. The Balaban J connectivity index is 1.49. The molecule has 4 fully saturated rings. The van der Waals surface area contributed by atoms with Crippen LogP contribution < -0.4 is 0 Å². The molecule has 4 aliphatic rings. The Morgan fingerprint density at radius 1 is 0.880 bits per heavy atom. The highest BCUT2D eigenvalue weighted by Crippen LogP contribution is 2.66. The van der Waals surface area contributed by atoms with Gasteiger partial charge in [-0.2, -0.15) is 0 Å². The van der Waals surface area contributed by atoms with E-state index in [4.69, 9.17) is 14.2 Å². The molecule has 3 unspecified atom stereocenters. The lowest BCUT2D eigenvalue weighted by Crippen LogP contribution is -2.53. The van der Waals surface area contributed by atoms with Crippen LogP contribution in [0.4, 0.5) is 0 Å². The summed E-state index contributed by atoms with van der Waals surface area (Å²) in [5, 5.41) is 0. The van der Waals surface area contributed by atoms with Gasteiger partial charge in [-0.05, 0) is 92.3 Å². The average molecular weight is 351 g/mol. The Morgan fingerprint density at radius 2 is 1.72 bits per heavy atom. The molecule has 0 aromatic rings. The number of hydrogen-bond acceptors (Lipinski definition) is 3. The van der Waals surface area contributed by atoms with E-state index < -0.39 is 0 Å². The first-order chi connectivity index (χ1) is 12.0. The van der Waals surface area contributed by atoms with Crippen molar-refractivity contribution < 1.29 is 14.2 Å². The second-order valence-electron chi connectivity index (χ2n) is 10.1. The maximum absolute atomic E-state index is 5.94. The second kappa shape index (κ2) is 6.80. The molecule has 4 rings (SSSR count). The molecule has 0 heterocycles. The number of methoxy groups -OCH3 is 2. The van der Waals surface area contributed by atoms with Crippen LogP contribution in [0, 0.1) is 34.5 Å². The average Bonchev–Trinajstić information content (AvgIpc) is 2.96. The third-order valence-electron chi connectivity index (χ3n) is 9.10. The van der Waals surface area contributed by atoms with Crippen molar-refractivity contribution >= 4 is 0 Å². The molecule has 0 amide bonds. The van der Waals surface area contributed by atoms with Crippen molar-refractivity contribution in [3.05, 3.63) is 0 Å². The first-order valence-corrected chi connectivity index (χ1v) is 10.6. The Morgan fingerprint density at radius 3 is 2.48 bits per heavy atom. The van der Waals surface area contributed by atoms with Crippen LogP contribution in [0.25, 0.3) is 0 Å². The van der Waals surface area contributed by atoms with Gasteiger partial charge in [-0.3, -0.25) is 0 Å². The number of ether oxygens (including phenoxy) is 3. The van der Waals surface area contributed by atoms with Gasteiger partial charge in [0.2, 0.25) is 0 Å². The van der Waals surface area contributed by atoms with E-state index in [-0.39, 0.29) is 0 Å². The fraction of sp³-hybridized carbons (Fsp3) is 1.00. The number of rotatable bonds is 4. The SMILES string of the molecule is COCOC1CC[C@@]2(C)C(CC[C@H]3[C@@H]4CC(OC)C[C@@]4(C)CC[C@@H]32)C1. The van der Waals surface area contributed by atoms with Crippen molar-refractivity contribution in [2.45, 2.75) is 83.8 Å². The fourth-order valence-electron chi connectivity index (χ4n) is 7.71. The van der Waals surface area contributed by atoms with E-state index in [1.54, 1.807) is 7.11 Å². The van der Waals surface area contributed by atoms with Gasteiger partial charge in [0.05, 0.1) is 12.2 Å². The lowest BCUT2D eigenvalue weighted by Gasteiger charge is -2.60. The molecule has 3 nitrogen and oxygen atoms in total. The molecule has 0 aromatic carbocycles. The van der Waals surface area contributed by atoms with Gasteiger partial charge < -0.3 is 14.2 Å². The van der Waals surface area contributed by atoms with Crippen LogP contribution in [-0.2, 0) is 14.2 Å². The molecule has 0 radical (unpaired) electrons. The van der Waals surface area contributed by atoms with Crippen LogP contribution in [0.3, 0.4) is 0 Å². The molecule has 4 aliphatic carbocycles. The van der Waals surface area contributed by atoms with E-state index >= 15 is 0 Å². The highest BCUT2D eigenvalue weighted by molar-refractivity contribution is 5.08. The molecule has 0 bridgehead atoms. The highest BCUT2D eigenvalue weighted by Gasteiger charge is 2.59. The van der Waals surface area contributed by atoms with E-state index in [0.29, 0.717) is 29.8 Å². The lowest BCUT2D eigenvalue weighted by molar-refractivity contribution is -0.149. The van der Waals surface area contributed by atoms with Gasteiger partial charge in [0.25, 0.3) is 0 Å². The normalized spacial score (nSPS) is 52.3. The van der Waals surface area contributed by atoms with Crippen LogP contribution in [-0.4, -0.2) is 33.2 Å². The van der Waals surface area contributed by atoms with Crippen molar-refractivity contribution in [2.75, 3.05) is 21.0 Å². The Hall–Kier alpha value is -0.120. The molecule has 0 saturated heterocycles. The molecular formula is C22H38O3. The minimum atomic E-state index is 0.424. The third-order valence-corrected chi connectivity index (χ3v) is 9.10.